The minimum absolute atomic E-state index is 0.152. The van der Waals surface area contributed by atoms with Crippen LogP contribution < -0.4 is 0 Å². The van der Waals surface area contributed by atoms with E-state index in [1.165, 1.54) is 7.11 Å². The fourth-order valence-electron chi connectivity index (χ4n) is 1.93. The summed E-state index contributed by atoms with van der Waals surface area (Å²) in [7, 11) is 2.90. The highest BCUT2D eigenvalue weighted by atomic mass is 16.5. The standard InChI is InChI=1S/C15H22N2O4/c1-11-5-6-13(12(2)16-11)15(19)17(9-10-20-3)8-7-14(18)21-4/h5-6H,7-10H2,1-4H3. The van der Waals surface area contributed by atoms with Crippen LogP contribution in [0.3, 0.4) is 0 Å². The van der Waals surface area contributed by atoms with Crippen LogP contribution in [0.1, 0.15) is 28.2 Å². The largest absolute Gasteiger partial charge is 0.469 e. The van der Waals surface area contributed by atoms with E-state index in [1.54, 1.807) is 31.1 Å². The average molecular weight is 294 g/mol. The Morgan fingerprint density at radius 1 is 1.19 bits per heavy atom. The van der Waals surface area contributed by atoms with Crippen molar-refractivity contribution in [2.24, 2.45) is 0 Å². The number of esters is 1. The number of carbonyl (C=O) groups excluding carboxylic acids is 2. The first-order valence-corrected chi connectivity index (χ1v) is 6.79. The molecule has 116 valence electrons. The zero-order valence-corrected chi connectivity index (χ0v) is 13.0. The molecule has 0 atom stereocenters. The summed E-state index contributed by atoms with van der Waals surface area (Å²) in [5.41, 5.74) is 2.09. The summed E-state index contributed by atoms with van der Waals surface area (Å²) in [6.45, 7) is 4.79. The fourth-order valence-corrected chi connectivity index (χ4v) is 1.93. The Hall–Kier alpha value is -1.95. The van der Waals surface area contributed by atoms with Crippen molar-refractivity contribution in [3.8, 4) is 0 Å². The molecule has 0 spiro atoms. The van der Waals surface area contributed by atoms with Gasteiger partial charge in [0.15, 0.2) is 0 Å². The predicted molar refractivity (Wildman–Crippen MR) is 78.1 cm³/mol. The minimum Gasteiger partial charge on any atom is -0.469 e. The Morgan fingerprint density at radius 2 is 1.90 bits per heavy atom. The van der Waals surface area contributed by atoms with Gasteiger partial charge in [0.1, 0.15) is 0 Å². The lowest BCUT2D eigenvalue weighted by molar-refractivity contribution is -0.140. The summed E-state index contributed by atoms with van der Waals surface area (Å²) >= 11 is 0. The number of aryl methyl sites for hydroxylation is 2. The molecule has 1 heterocycles. The molecule has 21 heavy (non-hydrogen) atoms. The lowest BCUT2D eigenvalue weighted by atomic mass is 10.1. The molecule has 0 unspecified atom stereocenters. The molecule has 1 aromatic heterocycles. The topological polar surface area (TPSA) is 68.7 Å². The van der Waals surface area contributed by atoms with Crippen LogP contribution in [0.25, 0.3) is 0 Å². The number of nitrogens with zero attached hydrogens (tertiary/aromatic N) is 2. The number of methoxy groups -OCH3 is 2. The van der Waals surface area contributed by atoms with E-state index >= 15 is 0 Å². The second-order valence-electron chi connectivity index (χ2n) is 4.70. The normalized spacial score (nSPS) is 10.3. The zero-order chi connectivity index (χ0) is 15.8. The third-order valence-corrected chi connectivity index (χ3v) is 3.12. The number of hydrogen-bond donors (Lipinski definition) is 0. The van der Waals surface area contributed by atoms with Gasteiger partial charge in [0.05, 0.1) is 31.4 Å². The molecule has 0 aliphatic carbocycles. The monoisotopic (exact) mass is 294 g/mol. The lowest BCUT2D eigenvalue weighted by Gasteiger charge is -2.22. The second-order valence-corrected chi connectivity index (χ2v) is 4.70. The summed E-state index contributed by atoms with van der Waals surface area (Å²) in [5, 5.41) is 0. The van der Waals surface area contributed by atoms with Crippen LogP contribution >= 0.6 is 0 Å². The molecular formula is C15H22N2O4. The van der Waals surface area contributed by atoms with E-state index in [4.69, 9.17) is 4.74 Å². The number of ether oxygens (including phenoxy) is 2. The first-order chi connectivity index (χ1) is 9.99. The van der Waals surface area contributed by atoms with E-state index in [1.807, 2.05) is 6.92 Å². The van der Waals surface area contributed by atoms with Crippen molar-refractivity contribution < 1.29 is 19.1 Å². The van der Waals surface area contributed by atoms with E-state index in [0.717, 1.165) is 5.69 Å². The van der Waals surface area contributed by atoms with E-state index in [9.17, 15) is 9.59 Å². The Kier molecular flexibility index (Phi) is 6.81. The number of pyridine rings is 1. The molecule has 0 saturated heterocycles. The van der Waals surface area contributed by atoms with Gasteiger partial charge in [-0.1, -0.05) is 0 Å². The molecular weight excluding hydrogens is 272 g/mol. The third kappa shape index (κ3) is 5.15. The summed E-state index contributed by atoms with van der Waals surface area (Å²) in [6.07, 6.45) is 0.157. The molecule has 1 amide bonds. The predicted octanol–water partition coefficient (Wildman–Crippen LogP) is 1.35. The number of aromatic nitrogens is 1. The number of amides is 1. The Balaban J connectivity index is 2.85. The van der Waals surface area contributed by atoms with Crippen molar-refractivity contribution in [3.05, 3.63) is 29.1 Å². The van der Waals surface area contributed by atoms with Crippen molar-refractivity contribution in [1.82, 2.24) is 9.88 Å². The van der Waals surface area contributed by atoms with Gasteiger partial charge in [0, 0.05) is 25.9 Å². The maximum Gasteiger partial charge on any atom is 0.307 e. The van der Waals surface area contributed by atoms with E-state index < -0.39 is 0 Å². The SMILES string of the molecule is COCCN(CCC(=O)OC)C(=O)c1ccc(C)nc1C. The van der Waals surface area contributed by atoms with Gasteiger partial charge in [-0.25, -0.2) is 0 Å². The molecule has 0 aliphatic rings. The molecule has 1 rings (SSSR count). The molecule has 0 radical (unpaired) electrons. The highest BCUT2D eigenvalue weighted by molar-refractivity contribution is 5.95. The first-order valence-electron chi connectivity index (χ1n) is 6.79. The van der Waals surface area contributed by atoms with Crippen molar-refractivity contribution in [1.29, 1.82) is 0 Å². The van der Waals surface area contributed by atoms with E-state index in [-0.39, 0.29) is 18.3 Å². The van der Waals surface area contributed by atoms with Crippen LogP contribution in [0.4, 0.5) is 0 Å². The average Bonchev–Trinajstić information content (AvgIpc) is 2.46. The van der Waals surface area contributed by atoms with Gasteiger partial charge >= 0.3 is 5.97 Å². The smallest absolute Gasteiger partial charge is 0.307 e. The van der Waals surface area contributed by atoms with Crippen molar-refractivity contribution in [3.63, 3.8) is 0 Å². The maximum atomic E-state index is 12.6. The van der Waals surface area contributed by atoms with Gasteiger partial charge in [-0.2, -0.15) is 0 Å². The molecule has 0 aromatic carbocycles. The van der Waals surface area contributed by atoms with Crippen LogP contribution in [0.2, 0.25) is 0 Å². The van der Waals surface area contributed by atoms with Crippen LogP contribution in [-0.4, -0.2) is 55.7 Å². The Morgan fingerprint density at radius 3 is 2.48 bits per heavy atom. The quantitative estimate of drug-likeness (QED) is 0.710. The first kappa shape index (κ1) is 17.1. The van der Waals surface area contributed by atoms with Gasteiger partial charge in [-0.05, 0) is 26.0 Å². The molecule has 0 aliphatic heterocycles. The van der Waals surface area contributed by atoms with Gasteiger partial charge in [0.25, 0.3) is 5.91 Å². The van der Waals surface area contributed by atoms with E-state index in [0.29, 0.717) is 31.0 Å². The fraction of sp³-hybridized carbons (Fsp3) is 0.533. The third-order valence-electron chi connectivity index (χ3n) is 3.12. The van der Waals surface area contributed by atoms with Crippen LogP contribution in [0, 0.1) is 13.8 Å². The molecule has 0 saturated carbocycles. The zero-order valence-electron chi connectivity index (χ0n) is 13.0. The molecule has 0 bridgehead atoms. The Bertz CT molecular complexity index is 502. The van der Waals surface area contributed by atoms with Crippen LogP contribution in [-0.2, 0) is 14.3 Å². The van der Waals surface area contributed by atoms with Crippen LogP contribution in [0.5, 0.6) is 0 Å². The number of hydrogen-bond acceptors (Lipinski definition) is 5. The minimum atomic E-state index is -0.344. The number of carbonyl (C=O) groups is 2. The maximum absolute atomic E-state index is 12.6. The van der Waals surface area contributed by atoms with Gasteiger partial charge in [-0.3, -0.25) is 14.6 Å². The lowest BCUT2D eigenvalue weighted by Crippen LogP contribution is -2.36. The molecule has 1 aromatic rings. The molecule has 0 fully saturated rings. The molecule has 0 N–H and O–H groups in total. The highest BCUT2D eigenvalue weighted by Gasteiger charge is 2.19. The van der Waals surface area contributed by atoms with Crippen molar-refractivity contribution >= 4 is 11.9 Å². The Labute approximate surface area is 125 Å². The van der Waals surface area contributed by atoms with E-state index in [2.05, 4.69) is 9.72 Å². The molecule has 6 nitrogen and oxygen atoms in total. The van der Waals surface area contributed by atoms with Gasteiger partial charge in [-0.15, -0.1) is 0 Å². The van der Waals surface area contributed by atoms with Crippen LogP contribution in [0.15, 0.2) is 12.1 Å². The van der Waals surface area contributed by atoms with Gasteiger partial charge < -0.3 is 14.4 Å². The summed E-state index contributed by atoms with van der Waals surface area (Å²) in [5.74, 6) is -0.495. The summed E-state index contributed by atoms with van der Waals surface area (Å²) < 4.78 is 9.62. The summed E-state index contributed by atoms with van der Waals surface area (Å²) in [6, 6.07) is 3.56. The number of rotatable bonds is 7. The molecule has 6 heteroatoms. The van der Waals surface area contributed by atoms with Gasteiger partial charge in [0.2, 0.25) is 0 Å². The van der Waals surface area contributed by atoms with Crippen molar-refractivity contribution in [2.45, 2.75) is 20.3 Å². The van der Waals surface area contributed by atoms with Crippen molar-refractivity contribution in [2.75, 3.05) is 33.9 Å². The second kappa shape index (κ2) is 8.36. The highest BCUT2D eigenvalue weighted by Crippen LogP contribution is 2.11. The summed E-state index contributed by atoms with van der Waals surface area (Å²) in [4.78, 5) is 29.7.